The molecule has 0 saturated heterocycles. The fourth-order valence-electron chi connectivity index (χ4n) is 2.77. The molecule has 0 N–H and O–H groups in total. The summed E-state index contributed by atoms with van der Waals surface area (Å²) in [5.41, 5.74) is 2.50. The van der Waals surface area contributed by atoms with Gasteiger partial charge in [0, 0.05) is 4.47 Å². The number of hydrogen-bond donors (Lipinski definition) is 0. The Kier molecular flexibility index (Phi) is 4.37. The maximum Gasteiger partial charge on any atom is 0.120 e. The lowest BCUT2D eigenvalue weighted by atomic mass is 9.80. The molecule has 2 rings (SSSR count). The monoisotopic (exact) mass is 310 g/mol. The van der Waals surface area contributed by atoms with Gasteiger partial charge in [0.05, 0.1) is 6.10 Å². The van der Waals surface area contributed by atoms with Crippen LogP contribution in [-0.2, 0) is 0 Å². The zero-order chi connectivity index (χ0) is 13.3. The first kappa shape index (κ1) is 13.9. The highest BCUT2D eigenvalue weighted by Gasteiger charge is 2.25. The highest BCUT2D eigenvalue weighted by Crippen LogP contribution is 2.33. The van der Waals surface area contributed by atoms with Gasteiger partial charge < -0.3 is 4.74 Å². The van der Waals surface area contributed by atoms with E-state index in [0.717, 1.165) is 17.6 Å². The second-order valence-electron chi connectivity index (χ2n) is 5.88. The molecule has 0 radical (unpaired) electrons. The molecule has 1 aliphatic carbocycles. The standard InChI is InChI=1S/C16H23BrO/c1-10-5-6-14(7-11(10)2)18-15-8-12(3)16(17)13(4)9-15/h8-11,14H,5-7H2,1-4H3. The van der Waals surface area contributed by atoms with Gasteiger partial charge in [-0.2, -0.15) is 0 Å². The van der Waals surface area contributed by atoms with Crippen molar-refractivity contribution in [2.24, 2.45) is 11.8 Å². The van der Waals surface area contributed by atoms with Gasteiger partial charge in [0.2, 0.25) is 0 Å². The molecule has 0 bridgehead atoms. The molecule has 100 valence electrons. The van der Waals surface area contributed by atoms with Crippen molar-refractivity contribution in [3.63, 3.8) is 0 Å². The molecule has 2 heteroatoms. The molecule has 3 atom stereocenters. The lowest BCUT2D eigenvalue weighted by molar-refractivity contribution is 0.100. The van der Waals surface area contributed by atoms with Crippen LogP contribution in [0.15, 0.2) is 16.6 Å². The molecule has 1 nitrogen and oxygen atoms in total. The van der Waals surface area contributed by atoms with Crippen LogP contribution in [0.4, 0.5) is 0 Å². The van der Waals surface area contributed by atoms with Crippen molar-refractivity contribution in [1.82, 2.24) is 0 Å². The molecule has 1 aromatic rings. The van der Waals surface area contributed by atoms with Gasteiger partial charge in [-0.25, -0.2) is 0 Å². The molecule has 1 aliphatic rings. The molecule has 0 heterocycles. The summed E-state index contributed by atoms with van der Waals surface area (Å²) in [6.45, 7) is 8.94. The summed E-state index contributed by atoms with van der Waals surface area (Å²) in [7, 11) is 0. The van der Waals surface area contributed by atoms with E-state index in [1.807, 2.05) is 0 Å². The molecule has 0 aromatic heterocycles. The minimum Gasteiger partial charge on any atom is -0.490 e. The van der Waals surface area contributed by atoms with Gasteiger partial charge in [-0.05, 0) is 68.2 Å². The van der Waals surface area contributed by atoms with Crippen molar-refractivity contribution in [3.05, 3.63) is 27.7 Å². The number of hydrogen-bond acceptors (Lipinski definition) is 1. The summed E-state index contributed by atoms with van der Waals surface area (Å²) >= 11 is 3.60. The first-order valence-electron chi connectivity index (χ1n) is 6.90. The van der Waals surface area contributed by atoms with Crippen LogP contribution in [0.5, 0.6) is 5.75 Å². The van der Waals surface area contributed by atoms with E-state index >= 15 is 0 Å². The number of aryl methyl sites for hydroxylation is 2. The van der Waals surface area contributed by atoms with Crippen molar-refractivity contribution in [2.75, 3.05) is 0 Å². The summed E-state index contributed by atoms with van der Waals surface area (Å²) in [4.78, 5) is 0. The molecule has 3 unspecified atom stereocenters. The molecule has 1 aromatic carbocycles. The van der Waals surface area contributed by atoms with Crippen LogP contribution < -0.4 is 4.74 Å². The van der Waals surface area contributed by atoms with Crippen molar-refractivity contribution in [2.45, 2.75) is 53.1 Å². The highest BCUT2D eigenvalue weighted by atomic mass is 79.9. The Morgan fingerprint density at radius 2 is 1.67 bits per heavy atom. The Labute approximate surface area is 119 Å². The third-order valence-corrected chi connectivity index (χ3v) is 5.51. The molecule has 18 heavy (non-hydrogen) atoms. The maximum absolute atomic E-state index is 6.17. The maximum atomic E-state index is 6.17. The number of rotatable bonds is 2. The van der Waals surface area contributed by atoms with Crippen molar-refractivity contribution < 1.29 is 4.74 Å². The van der Waals surface area contributed by atoms with Crippen LogP contribution in [-0.4, -0.2) is 6.10 Å². The average molecular weight is 311 g/mol. The third kappa shape index (κ3) is 3.09. The van der Waals surface area contributed by atoms with Gasteiger partial charge in [0.1, 0.15) is 5.75 Å². The topological polar surface area (TPSA) is 9.23 Å². The van der Waals surface area contributed by atoms with Crippen molar-refractivity contribution in [3.8, 4) is 5.75 Å². The van der Waals surface area contributed by atoms with E-state index in [1.165, 1.54) is 34.9 Å². The van der Waals surface area contributed by atoms with Crippen molar-refractivity contribution in [1.29, 1.82) is 0 Å². The molecule has 1 saturated carbocycles. The van der Waals surface area contributed by atoms with E-state index in [4.69, 9.17) is 4.74 Å². The summed E-state index contributed by atoms with van der Waals surface area (Å²) in [5, 5.41) is 0. The van der Waals surface area contributed by atoms with Crippen molar-refractivity contribution >= 4 is 15.9 Å². The minimum absolute atomic E-state index is 0.399. The fraction of sp³-hybridized carbons (Fsp3) is 0.625. The van der Waals surface area contributed by atoms with E-state index in [2.05, 4.69) is 55.8 Å². The quantitative estimate of drug-likeness (QED) is 0.723. The second kappa shape index (κ2) is 5.64. The Balaban J connectivity index is 2.06. The normalized spacial score (nSPS) is 28.2. The molecule has 0 spiro atoms. The predicted molar refractivity (Wildman–Crippen MR) is 80.2 cm³/mol. The van der Waals surface area contributed by atoms with Gasteiger partial charge in [-0.1, -0.05) is 29.8 Å². The van der Waals surface area contributed by atoms with E-state index in [-0.39, 0.29) is 0 Å². The SMILES string of the molecule is Cc1cc(OC2CCC(C)C(C)C2)cc(C)c1Br. The molecule has 0 amide bonds. The largest absolute Gasteiger partial charge is 0.490 e. The highest BCUT2D eigenvalue weighted by molar-refractivity contribution is 9.10. The Morgan fingerprint density at radius 1 is 1.06 bits per heavy atom. The van der Waals surface area contributed by atoms with Crippen LogP contribution in [0.25, 0.3) is 0 Å². The molecule has 1 fully saturated rings. The average Bonchev–Trinajstić information content (AvgIpc) is 2.31. The minimum atomic E-state index is 0.399. The zero-order valence-electron chi connectivity index (χ0n) is 11.8. The fourth-order valence-corrected chi connectivity index (χ4v) is 3.00. The first-order chi connectivity index (χ1) is 8.47. The Bertz CT molecular complexity index is 404. The van der Waals surface area contributed by atoms with Crippen LogP contribution in [0.3, 0.4) is 0 Å². The Hall–Kier alpha value is -0.500. The van der Waals surface area contributed by atoms with Crippen LogP contribution in [0.1, 0.15) is 44.2 Å². The smallest absolute Gasteiger partial charge is 0.120 e. The van der Waals surface area contributed by atoms with E-state index in [1.54, 1.807) is 0 Å². The summed E-state index contributed by atoms with van der Waals surface area (Å²) in [6, 6.07) is 4.28. The summed E-state index contributed by atoms with van der Waals surface area (Å²) in [6.07, 6.45) is 4.08. The van der Waals surface area contributed by atoms with Gasteiger partial charge in [-0.15, -0.1) is 0 Å². The third-order valence-electron chi connectivity index (χ3n) is 4.26. The van der Waals surface area contributed by atoms with Crippen LogP contribution in [0, 0.1) is 25.7 Å². The molecular weight excluding hydrogens is 288 g/mol. The number of halogens is 1. The first-order valence-corrected chi connectivity index (χ1v) is 7.70. The van der Waals surface area contributed by atoms with Gasteiger partial charge >= 0.3 is 0 Å². The number of ether oxygens (including phenoxy) is 1. The second-order valence-corrected chi connectivity index (χ2v) is 6.67. The lowest BCUT2D eigenvalue weighted by Gasteiger charge is -2.32. The van der Waals surface area contributed by atoms with E-state index in [0.29, 0.717) is 6.10 Å². The molecule has 0 aliphatic heterocycles. The summed E-state index contributed by atoms with van der Waals surface area (Å²) < 4.78 is 7.36. The van der Waals surface area contributed by atoms with Crippen LogP contribution in [0.2, 0.25) is 0 Å². The molecular formula is C16H23BrO. The zero-order valence-corrected chi connectivity index (χ0v) is 13.4. The lowest BCUT2D eigenvalue weighted by Crippen LogP contribution is -2.28. The van der Waals surface area contributed by atoms with Gasteiger partial charge in [0.15, 0.2) is 0 Å². The van der Waals surface area contributed by atoms with E-state index in [9.17, 15) is 0 Å². The van der Waals surface area contributed by atoms with Crippen LogP contribution >= 0.6 is 15.9 Å². The van der Waals surface area contributed by atoms with E-state index < -0.39 is 0 Å². The van der Waals surface area contributed by atoms with Gasteiger partial charge in [0.25, 0.3) is 0 Å². The predicted octanol–water partition coefficient (Wildman–Crippen LogP) is 5.27. The summed E-state index contributed by atoms with van der Waals surface area (Å²) in [5.74, 6) is 2.65. The van der Waals surface area contributed by atoms with Gasteiger partial charge in [-0.3, -0.25) is 0 Å². The Morgan fingerprint density at radius 3 is 2.22 bits per heavy atom. The number of benzene rings is 1.